The number of nitrogens with one attached hydrogen (secondary N) is 2. The second-order valence-corrected chi connectivity index (χ2v) is 6.02. The molecule has 0 radical (unpaired) electrons. The summed E-state index contributed by atoms with van der Waals surface area (Å²) in [6.45, 7) is 1.83. The standard InChI is InChI=1S/C18H16ClN3O4/c1-11(21-22-18(24)12-2-4-13(19)5-3-12)8-17(23)20-14-6-7-15-16(9-14)26-10-25-15/h2-7,9H,8,10H2,1H3,(H,20,23)(H,22,24). The molecule has 7 nitrogen and oxygen atoms in total. The van der Waals surface area contributed by atoms with Crippen LogP contribution in [0.4, 0.5) is 5.69 Å². The second kappa shape index (κ2) is 7.88. The molecule has 0 bridgehead atoms. The van der Waals surface area contributed by atoms with Crippen LogP contribution in [-0.4, -0.2) is 24.3 Å². The molecule has 0 aromatic heterocycles. The van der Waals surface area contributed by atoms with Gasteiger partial charge in [0.1, 0.15) is 0 Å². The Kier molecular flexibility index (Phi) is 5.38. The first kappa shape index (κ1) is 17.8. The average molecular weight is 374 g/mol. The van der Waals surface area contributed by atoms with Gasteiger partial charge in [-0.15, -0.1) is 0 Å². The maximum atomic E-state index is 12.1. The number of fused-ring (bicyclic) bond motifs is 1. The molecule has 134 valence electrons. The van der Waals surface area contributed by atoms with E-state index in [9.17, 15) is 9.59 Å². The highest BCUT2D eigenvalue weighted by molar-refractivity contribution is 6.30. The molecule has 0 spiro atoms. The maximum Gasteiger partial charge on any atom is 0.271 e. The molecule has 26 heavy (non-hydrogen) atoms. The third-order valence-electron chi connectivity index (χ3n) is 3.53. The molecule has 1 aliphatic heterocycles. The first-order chi connectivity index (χ1) is 12.5. The number of hydrogen-bond acceptors (Lipinski definition) is 5. The number of hydrazone groups is 1. The summed E-state index contributed by atoms with van der Waals surface area (Å²) < 4.78 is 10.5. The zero-order valence-corrected chi connectivity index (χ0v) is 14.7. The molecule has 0 saturated heterocycles. The van der Waals surface area contributed by atoms with E-state index in [1.165, 1.54) is 0 Å². The zero-order chi connectivity index (χ0) is 18.5. The van der Waals surface area contributed by atoms with Crippen LogP contribution >= 0.6 is 11.6 Å². The summed E-state index contributed by atoms with van der Waals surface area (Å²) in [5.74, 6) is 0.595. The van der Waals surface area contributed by atoms with Crippen molar-refractivity contribution in [3.05, 3.63) is 53.1 Å². The van der Waals surface area contributed by atoms with Crippen LogP contribution in [0.1, 0.15) is 23.7 Å². The fourth-order valence-electron chi connectivity index (χ4n) is 2.26. The molecule has 2 amide bonds. The average Bonchev–Trinajstić information content (AvgIpc) is 3.08. The summed E-state index contributed by atoms with van der Waals surface area (Å²) in [5.41, 5.74) is 3.90. The number of carbonyl (C=O) groups excluding carboxylic acids is 2. The lowest BCUT2D eigenvalue weighted by atomic mass is 10.2. The first-order valence-corrected chi connectivity index (χ1v) is 8.17. The predicted molar refractivity (Wildman–Crippen MR) is 97.8 cm³/mol. The van der Waals surface area contributed by atoms with Gasteiger partial charge in [0.15, 0.2) is 11.5 Å². The van der Waals surface area contributed by atoms with E-state index in [2.05, 4.69) is 15.8 Å². The quantitative estimate of drug-likeness (QED) is 0.622. The Hall–Kier alpha value is -3.06. The third kappa shape index (κ3) is 4.52. The first-order valence-electron chi connectivity index (χ1n) is 7.80. The van der Waals surface area contributed by atoms with Crippen molar-refractivity contribution < 1.29 is 19.1 Å². The number of amides is 2. The summed E-state index contributed by atoms with van der Waals surface area (Å²) >= 11 is 5.78. The molecular weight excluding hydrogens is 358 g/mol. The lowest BCUT2D eigenvalue weighted by Gasteiger charge is -2.06. The minimum atomic E-state index is -0.378. The molecule has 2 aromatic carbocycles. The van der Waals surface area contributed by atoms with Crippen LogP contribution in [0.15, 0.2) is 47.6 Å². The van der Waals surface area contributed by atoms with E-state index in [0.29, 0.717) is 33.5 Å². The molecule has 2 aromatic rings. The van der Waals surface area contributed by atoms with Crippen LogP contribution in [0.25, 0.3) is 0 Å². The fraction of sp³-hybridized carbons (Fsp3) is 0.167. The molecule has 0 fully saturated rings. The number of hydrogen-bond donors (Lipinski definition) is 2. The van der Waals surface area contributed by atoms with Crippen molar-refractivity contribution in [3.63, 3.8) is 0 Å². The van der Waals surface area contributed by atoms with Crippen molar-refractivity contribution in [1.82, 2.24) is 5.43 Å². The minimum Gasteiger partial charge on any atom is -0.454 e. The van der Waals surface area contributed by atoms with Crippen molar-refractivity contribution in [2.24, 2.45) is 5.10 Å². The number of rotatable bonds is 5. The monoisotopic (exact) mass is 373 g/mol. The van der Waals surface area contributed by atoms with Gasteiger partial charge in [-0.2, -0.15) is 5.10 Å². The van der Waals surface area contributed by atoms with E-state index in [1.807, 2.05) is 0 Å². The highest BCUT2D eigenvalue weighted by Gasteiger charge is 2.14. The number of ether oxygens (including phenoxy) is 2. The van der Waals surface area contributed by atoms with E-state index in [4.69, 9.17) is 21.1 Å². The van der Waals surface area contributed by atoms with Gasteiger partial charge in [0.05, 0.1) is 6.42 Å². The predicted octanol–water partition coefficient (Wildman–Crippen LogP) is 3.20. The van der Waals surface area contributed by atoms with Gasteiger partial charge in [0.25, 0.3) is 5.91 Å². The van der Waals surface area contributed by atoms with Crippen molar-refractivity contribution >= 4 is 34.8 Å². The molecule has 8 heteroatoms. The van der Waals surface area contributed by atoms with Gasteiger partial charge in [-0.1, -0.05) is 11.6 Å². The Balaban J connectivity index is 1.52. The number of benzene rings is 2. The number of carbonyl (C=O) groups is 2. The van der Waals surface area contributed by atoms with Crippen molar-refractivity contribution in [2.45, 2.75) is 13.3 Å². The highest BCUT2D eigenvalue weighted by atomic mass is 35.5. The normalized spacial score (nSPS) is 12.6. The van der Waals surface area contributed by atoms with Gasteiger partial charge < -0.3 is 14.8 Å². The largest absolute Gasteiger partial charge is 0.454 e. The molecule has 0 atom stereocenters. The molecular formula is C18H16ClN3O4. The Morgan fingerprint density at radius 1 is 1.12 bits per heavy atom. The van der Waals surface area contributed by atoms with Gasteiger partial charge in [0, 0.05) is 28.1 Å². The van der Waals surface area contributed by atoms with Gasteiger partial charge in [-0.05, 0) is 43.3 Å². The topological polar surface area (TPSA) is 89.0 Å². The van der Waals surface area contributed by atoms with E-state index >= 15 is 0 Å². The van der Waals surface area contributed by atoms with Crippen LogP contribution in [0.5, 0.6) is 11.5 Å². The van der Waals surface area contributed by atoms with Crippen molar-refractivity contribution in [3.8, 4) is 11.5 Å². The summed E-state index contributed by atoms with van der Waals surface area (Å²) in [6.07, 6.45) is 0.0370. The van der Waals surface area contributed by atoms with Crippen LogP contribution < -0.4 is 20.2 Å². The van der Waals surface area contributed by atoms with E-state index in [1.54, 1.807) is 49.4 Å². The third-order valence-corrected chi connectivity index (χ3v) is 3.78. The molecule has 1 aliphatic rings. The number of nitrogens with zero attached hydrogens (tertiary/aromatic N) is 1. The van der Waals surface area contributed by atoms with E-state index in [0.717, 1.165) is 0 Å². The summed E-state index contributed by atoms with van der Waals surface area (Å²) in [6, 6.07) is 11.6. The Morgan fingerprint density at radius 2 is 1.85 bits per heavy atom. The van der Waals surface area contributed by atoms with Gasteiger partial charge in [-0.25, -0.2) is 5.43 Å². The molecule has 1 heterocycles. The summed E-state index contributed by atoms with van der Waals surface area (Å²) in [5, 5.41) is 7.23. The Bertz CT molecular complexity index is 865. The van der Waals surface area contributed by atoms with Crippen LogP contribution in [0, 0.1) is 0 Å². The number of halogens is 1. The van der Waals surface area contributed by atoms with E-state index in [-0.39, 0.29) is 25.0 Å². The summed E-state index contributed by atoms with van der Waals surface area (Å²) in [7, 11) is 0. The number of anilines is 1. The lowest BCUT2D eigenvalue weighted by Crippen LogP contribution is -2.21. The van der Waals surface area contributed by atoms with Gasteiger partial charge >= 0.3 is 0 Å². The van der Waals surface area contributed by atoms with Crippen LogP contribution in [0.2, 0.25) is 5.02 Å². The highest BCUT2D eigenvalue weighted by Crippen LogP contribution is 2.34. The molecule has 3 rings (SSSR count). The van der Waals surface area contributed by atoms with Gasteiger partial charge in [0.2, 0.25) is 12.7 Å². The molecule has 0 unspecified atom stereocenters. The minimum absolute atomic E-state index is 0.0370. The van der Waals surface area contributed by atoms with Crippen LogP contribution in [0.3, 0.4) is 0 Å². The van der Waals surface area contributed by atoms with E-state index < -0.39 is 0 Å². The lowest BCUT2D eigenvalue weighted by molar-refractivity contribution is -0.115. The van der Waals surface area contributed by atoms with Crippen molar-refractivity contribution in [1.29, 1.82) is 0 Å². The fourth-order valence-corrected chi connectivity index (χ4v) is 2.39. The molecule has 0 saturated carbocycles. The Morgan fingerprint density at radius 3 is 2.62 bits per heavy atom. The van der Waals surface area contributed by atoms with Gasteiger partial charge in [-0.3, -0.25) is 9.59 Å². The Labute approximate surface area is 154 Å². The SMILES string of the molecule is CC(CC(=O)Nc1ccc2c(c1)OCO2)=NNC(=O)c1ccc(Cl)cc1. The van der Waals surface area contributed by atoms with Crippen molar-refractivity contribution in [2.75, 3.05) is 12.1 Å². The zero-order valence-electron chi connectivity index (χ0n) is 13.9. The molecule has 0 aliphatic carbocycles. The van der Waals surface area contributed by atoms with Crippen LogP contribution in [-0.2, 0) is 4.79 Å². The molecule has 2 N–H and O–H groups in total. The summed E-state index contributed by atoms with van der Waals surface area (Å²) in [4.78, 5) is 24.0. The second-order valence-electron chi connectivity index (χ2n) is 5.59. The maximum absolute atomic E-state index is 12.1. The smallest absolute Gasteiger partial charge is 0.271 e.